The minimum atomic E-state index is 0.203. The molecule has 218 valence electrons. The number of fused-ring (bicyclic) bond motifs is 3. The normalized spacial score (nSPS) is 13.3. The second kappa shape index (κ2) is 13.7. The zero-order valence-corrected chi connectivity index (χ0v) is 30.0. The van der Waals surface area contributed by atoms with Crippen LogP contribution >= 0.6 is 0 Å². The van der Waals surface area contributed by atoms with Crippen LogP contribution in [0.1, 0.15) is 91.0 Å². The van der Waals surface area contributed by atoms with Gasteiger partial charge in [-0.1, -0.05) is 90.8 Å². The van der Waals surface area contributed by atoms with Gasteiger partial charge in [-0.15, -0.1) is 53.1 Å². The van der Waals surface area contributed by atoms with Gasteiger partial charge in [0.15, 0.2) is 0 Å². The molecule has 0 aromatic heterocycles. The van der Waals surface area contributed by atoms with Crippen LogP contribution in [-0.2, 0) is 35.1 Å². The van der Waals surface area contributed by atoms with E-state index >= 15 is 0 Å². The van der Waals surface area contributed by atoms with Crippen molar-refractivity contribution in [2.24, 2.45) is 0 Å². The molecular weight excluding hydrogens is 596 g/mol. The van der Waals surface area contributed by atoms with Crippen LogP contribution < -0.4 is 0 Å². The van der Waals surface area contributed by atoms with Gasteiger partial charge in [0.2, 0.25) is 0 Å². The third kappa shape index (κ3) is 8.33. The van der Waals surface area contributed by atoms with E-state index in [0.717, 1.165) is 6.42 Å². The van der Waals surface area contributed by atoms with Crippen molar-refractivity contribution in [2.75, 3.05) is 0 Å². The van der Waals surface area contributed by atoms with Gasteiger partial charge in [-0.3, -0.25) is 6.08 Å². The maximum atomic E-state index is 3.26. The summed E-state index contributed by atoms with van der Waals surface area (Å²) in [5, 5.41) is 5.48. The van der Waals surface area contributed by atoms with Gasteiger partial charge in [-0.05, 0) is 10.8 Å². The zero-order valence-electron chi connectivity index (χ0n) is 27.5. The van der Waals surface area contributed by atoms with E-state index in [-0.39, 0.29) is 10.8 Å². The first kappa shape index (κ1) is 32.9. The van der Waals surface area contributed by atoms with Crippen molar-refractivity contribution in [3.63, 3.8) is 0 Å². The van der Waals surface area contributed by atoms with Crippen molar-refractivity contribution < 1.29 is 24.2 Å². The van der Waals surface area contributed by atoms with Crippen LogP contribution in [0.2, 0.25) is 0 Å². The molecule has 0 bridgehead atoms. The molecule has 0 atom stereocenters. The second-order valence-corrected chi connectivity index (χ2v) is 15.0. The Bertz CT molecular complexity index is 1650. The van der Waals surface area contributed by atoms with Gasteiger partial charge in [0, 0.05) is 0 Å². The van der Waals surface area contributed by atoms with Gasteiger partial charge in [-0.25, -0.2) is 5.57 Å². The van der Waals surface area contributed by atoms with Crippen LogP contribution in [-0.4, -0.2) is 3.21 Å². The summed E-state index contributed by atoms with van der Waals surface area (Å²) in [6.07, 6.45) is 4.31. The summed E-state index contributed by atoms with van der Waals surface area (Å²) < 4.78 is 1.42. The molecule has 0 spiro atoms. The van der Waals surface area contributed by atoms with E-state index < -0.39 is 0 Å². The van der Waals surface area contributed by atoms with Crippen LogP contribution in [0.25, 0.3) is 21.5 Å². The first-order valence-electron chi connectivity index (χ1n) is 15.3. The molecule has 0 radical (unpaired) electrons. The average molecular weight is 642 g/mol. The third-order valence-corrected chi connectivity index (χ3v) is 9.80. The molecule has 1 aliphatic carbocycles. The third-order valence-electron chi connectivity index (χ3n) is 8.38. The molecule has 6 rings (SSSR count). The Morgan fingerprint density at radius 2 is 1.05 bits per heavy atom. The Kier molecular flexibility index (Phi) is 10.5. The standard InChI is InChI=1S/C21H25.C13H10.C8H11.Zr/c1-20(2,3)16-7-9-18-14(12-16)11-15-13-17(21(4,5)6)8-10-19(15)18;1-3-7-12(8-4-1)11-13-9-5-2-6-10-13;1-6-4-5-7(2)8(6)3;/h7-13H,1-6H3;1-10H;4H2,1-3H3;/q-1;;-1;+2. The fourth-order valence-corrected chi connectivity index (χ4v) is 6.00. The SMILES string of the molecule is CC(C)(C)c1ccc2c(c1)[cH-]c1cc(C(C)(C)C)ccc12.CC1=[C-]CC(C)=C1C.[Zr+2]=[C](c1ccccc1)c1ccccc1. The van der Waals surface area contributed by atoms with Crippen LogP contribution in [0.4, 0.5) is 0 Å². The number of benzene rings is 4. The van der Waals surface area contributed by atoms with E-state index in [1.807, 2.05) is 0 Å². The van der Waals surface area contributed by atoms with Crippen LogP contribution in [0.5, 0.6) is 0 Å². The maximum absolute atomic E-state index is 3.26. The predicted molar refractivity (Wildman–Crippen MR) is 186 cm³/mol. The molecule has 0 N–H and O–H groups in total. The van der Waals surface area contributed by atoms with Crippen LogP contribution in [0.3, 0.4) is 0 Å². The molecule has 5 aromatic rings. The van der Waals surface area contributed by atoms with Crippen molar-refractivity contribution in [3.8, 4) is 0 Å². The number of allylic oxidation sites excluding steroid dienone is 4. The molecule has 0 fully saturated rings. The molecule has 43 heavy (non-hydrogen) atoms. The molecule has 0 saturated heterocycles. The van der Waals surface area contributed by atoms with Crippen molar-refractivity contribution in [1.29, 1.82) is 0 Å². The van der Waals surface area contributed by atoms with E-state index in [0.29, 0.717) is 0 Å². The van der Waals surface area contributed by atoms with Gasteiger partial charge in [0.1, 0.15) is 0 Å². The summed E-state index contributed by atoms with van der Waals surface area (Å²) in [4.78, 5) is 0. The van der Waals surface area contributed by atoms with Crippen molar-refractivity contribution >= 4 is 24.8 Å². The Hall–Kier alpha value is -3.02. The number of hydrogen-bond donors (Lipinski definition) is 0. The number of hydrogen-bond acceptors (Lipinski definition) is 0. The summed E-state index contributed by atoms with van der Waals surface area (Å²) in [6, 6.07) is 37.3. The van der Waals surface area contributed by atoms with Gasteiger partial charge < -0.3 is 0 Å². The van der Waals surface area contributed by atoms with E-state index in [9.17, 15) is 0 Å². The summed E-state index contributed by atoms with van der Waals surface area (Å²) in [5.74, 6) is 0. The summed E-state index contributed by atoms with van der Waals surface area (Å²) in [5.41, 5.74) is 10.1. The van der Waals surface area contributed by atoms with E-state index in [2.05, 4.69) is 172 Å². The molecule has 1 heteroatoms. The molecule has 0 amide bonds. The molecular formula is C42H46Zr. The van der Waals surface area contributed by atoms with Crippen LogP contribution in [0.15, 0.2) is 120 Å². The topological polar surface area (TPSA) is 0 Å². The molecule has 0 nitrogen and oxygen atoms in total. The van der Waals surface area contributed by atoms with E-state index in [1.54, 1.807) is 0 Å². The van der Waals surface area contributed by atoms with Crippen molar-refractivity contribution in [2.45, 2.75) is 79.6 Å². The van der Waals surface area contributed by atoms with Gasteiger partial charge in [-0.2, -0.15) is 11.1 Å². The quantitative estimate of drug-likeness (QED) is 0.168. The van der Waals surface area contributed by atoms with Gasteiger partial charge in [0.05, 0.1) is 0 Å². The monoisotopic (exact) mass is 640 g/mol. The molecule has 1 aliphatic rings. The van der Waals surface area contributed by atoms with Crippen molar-refractivity contribution in [1.82, 2.24) is 0 Å². The fraction of sp³-hybridized carbons (Fsp3) is 0.286. The first-order chi connectivity index (χ1) is 20.3. The Morgan fingerprint density at radius 1 is 0.628 bits per heavy atom. The van der Waals surface area contributed by atoms with Crippen LogP contribution in [0, 0.1) is 6.08 Å². The summed E-state index contributed by atoms with van der Waals surface area (Å²) in [6.45, 7) is 20.1. The Labute approximate surface area is 275 Å². The minimum absolute atomic E-state index is 0.203. The van der Waals surface area contributed by atoms with Gasteiger partial charge >= 0.3 is 99.2 Å². The Balaban J connectivity index is 0.000000165. The molecule has 5 aromatic carbocycles. The second-order valence-electron chi connectivity index (χ2n) is 13.7. The average Bonchev–Trinajstić information content (AvgIpc) is 3.51. The number of rotatable bonds is 2. The first-order valence-corrected chi connectivity index (χ1v) is 16.6. The van der Waals surface area contributed by atoms with Crippen molar-refractivity contribution in [3.05, 3.63) is 148 Å². The molecule has 0 aliphatic heterocycles. The fourth-order valence-electron chi connectivity index (χ4n) is 5.18. The molecule has 0 unspecified atom stereocenters. The van der Waals surface area contributed by atoms with Gasteiger partial charge in [0.25, 0.3) is 0 Å². The predicted octanol–water partition coefficient (Wildman–Crippen LogP) is 11.6. The molecule has 0 saturated carbocycles. The zero-order chi connectivity index (χ0) is 31.4. The molecule has 0 heterocycles. The Morgan fingerprint density at radius 3 is 1.35 bits per heavy atom. The summed E-state index contributed by atoms with van der Waals surface area (Å²) in [7, 11) is 0. The summed E-state index contributed by atoms with van der Waals surface area (Å²) >= 11 is 1.46. The van der Waals surface area contributed by atoms with E-state index in [1.165, 1.54) is 88.0 Å². The van der Waals surface area contributed by atoms with E-state index in [4.69, 9.17) is 0 Å².